The minimum atomic E-state index is 0.114. The van der Waals surface area contributed by atoms with Gasteiger partial charge in [-0.05, 0) is 24.3 Å². The first-order valence-electron chi connectivity index (χ1n) is 6.37. The highest BCUT2D eigenvalue weighted by Crippen LogP contribution is 2.29. The van der Waals surface area contributed by atoms with Crippen LogP contribution in [0, 0.1) is 0 Å². The first-order chi connectivity index (χ1) is 9.24. The van der Waals surface area contributed by atoms with Crippen molar-refractivity contribution in [2.24, 2.45) is 0 Å². The topological polar surface area (TPSA) is 59.2 Å². The lowest BCUT2D eigenvalue weighted by Crippen LogP contribution is -2.37. The molecule has 1 fully saturated rings. The first-order valence-corrected chi connectivity index (χ1v) is 7.25. The van der Waals surface area contributed by atoms with E-state index in [0.717, 1.165) is 24.3 Å². The minimum absolute atomic E-state index is 0.114. The standard InChI is InChI=1S/C13H15N3O2S/c1-9(17)16-6-2-4-10(8-16)12-14-15-13(18-12)11-5-3-7-19-11/h3,5,7,10H,2,4,6,8H2,1H3. The van der Waals surface area contributed by atoms with Crippen molar-refractivity contribution in [2.45, 2.75) is 25.7 Å². The normalized spacial score (nSPS) is 19.6. The molecule has 0 spiro atoms. The Labute approximate surface area is 115 Å². The number of likely N-dealkylation sites (tertiary alicyclic amines) is 1. The van der Waals surface area contributed by atoms with E-state index in [0.29, 0.717) is 18.3 Å². The lowest BCUT2D eigenvalue weighted by Gasteiger charge is -2.30. The van der Waals surface area contributed by atoms with E-state index in [2.05, 4.69) is 10.2 Å². The van der Waals surface area contributed by atoms with Crippen LogP contribution in [0.3, 0.4) is 0 Å². The van der Waals surface area contributed by atoms with Crippen LogP contribution in [0.2, 0.25) is 0 Å². The lowest BCUT2D eigenvalue weighted by atomic mass is 9.98. The molecule has 6 heteroatoms. The van der Waals surface area contributed by atoms with Gasteiger partial charge in [-0.15, -0.1) is 21.5 Å². The van der Waals surface area contributed by atoms with Gasteiger partial charge in [-0.1, -0.05) is 6.07 Å². The molecule has 1 atom stereocenters. The zero-order valence-electron chi connectivity index (χ0n) is 10.7. The summed E-state index contributed by atoms with van der Waals surface area (Å²) in [5.41, 5.74) is 0. The Morgan fingerprint density at radius 2 is 2.42 bits per heavy atom. The highest BCUT2D eigenvalue weighted by molar-refractivity contribution is 7.13. The van der Waals surface area contributed by atoms with Gasteiger partial charge in [0.15, 0.2) is 0 Å². The van der Waals surface area contributed by atoms with Crippen LogP contribution in [0.15, 0.2) is 21.9 Å². The molecule has 2 aromatic rings. The Bertz CT molecular complexity index is 564. The Balaban J connectivity index is 1.77. The van der Waals surface area contributed by atoms with Crippen molar-refractivity contribution >= 4 is 17.2 Å². The van der Waals surface area contributed by atoms with E-state index in [1.807, 2.05) is 22.4 Å². The quantitative estimate of drug-likeness (QED) is 0.846. The van der Waals surface area contributed by atoms with Crippen molar-refractivity contribution in [1.82, 2.24) is 15.1 Å². The minimum Gasteiger partial charge on any atom is -0.420 e. The van der Waals surface area contributed by atoms with Gasteiger partial charge < -0.3 is 9.32 Å². The number of carbonyl (C=O) groups excluding carboxylic acids is 1. The van der Waals surface area contributed by atoms with E-state index in [4.69, 9.17) is 4.42 Å². The van der Waals surface area contributed by atoms with Crippen LogP contribution in [-0.4, -0.2) is 34.1 Å². The van der Waals surface area contributed by atoms with Crippen molar-refractivity contribution in [2.75, 3.05) is 13.1 Å². The number of piperidine rings is 1. The van der Waals surface area contributed by atoms with E-state index < -0.39 is 0 Å². The summed E-state index contributed by atoms with van der Waals surface area (Å²) < 4.78 is 5.75. The Kier molecular flexibility index (Phi) is 3.33. The third kappa shape index (κ3) is 2.53. The fourth-order valence-corrected chi connectivity index (χ4v) is 3.01. The molecule has 3 heterocycles. The molecule has 0 aromatic carbocycles. The SMILES string of the molecule is CC(=O)N1CCCC(c2nnc(-c3cccs3)o2)C1. The van der Waals surface area contributed by atoms with E-state index in [1.54, 1.807) is 18.3 Å². The maximum Gasteiger partial charge on any atom is 0.257 e. The second kappa shape index (κ2) is 5.13. The summed E-state index contributed by atoms with van der Waals surface area (Å²) in [5.74, 6) is 1.50. The molecule has 19 heavy (non-hydrogen) atoms. The summed E-state index contributed by atoms with van der Waals surface area (Å²) >= 11 is 1.58. The van der Waals surface area contributed by atoms with Crippen molar-refractivity contribution in [3.8, 4) is 10.8 Å². The molecular formula is C13H15N3O2S. The smallest absolute Gasteiger partial charge is 0.257 e. The molecule has 3 rings (SSSR count). The molecule has 1 aliphatic rings. The molecular weight excluding hydrogens is 262 g/mol. The van der Waals surface area contributed by atoms with Crippen LogP contribution < -0.4 is 0 Å². The van der Waals surface area contributed by atoms with Crippen molar-refractivity contribution in [1.29, 1.82) is 0 Å². The molecule has 1 amide bonds. The Morgan fingerprint density at radius 1 is 1.53 bits per heavy atom. The van der Waals surface area contributed by atoms with Gasteiger partial charge in [0, 0.05) is 20.0 Å². The number of aromatic nitrogens is 2. The van der Waals surface area contributed by atoms with Crippen LogP contribution in [0.4, 0.5) is 0 Å². The molecule has 2 aromatic heterocycles. The molecule has 100 valence electrons. The first kappa shape index (κ1) is 12.3. The van der Waals surface area contributed by atoms with Crippen molar-refractivity contribution < 1.29 is 9.21 Å². The van der Waals surface area contributed by atoms with E-state index in [1.165, 1.54) is 0 Å². The fraction of sp³-hybridized carbons (Fsp3) is 0.462. The van der Waals surface area contributed by atoms with Gasteiger partial charge in [0.2, 0.25) is 11.8 Å². The maximum atomic E-state index is 11.4. The van der Waals surface area contributed by atoms with Gasteiger partial charge in [0.25, 0.3) is 5.89 Å². The zero-order chi connectivity index (χ0) is 13.2. The average molecular weight is 277 g/mol. The molecule has 0 bridgehead atoms. The third-order valence-corrected chi connectivity index (χ3v) is 4.25. The highest BCUT2D eigenvalue weighted by Gasteiger charge is 2.27. The summed E-state index contributed by atoms with van der Waals surface area (Å²) in [5, 5.41) is 10.2. The average Bonchev–Trinajstić information content (AvgIpc) is 3.09. The third-order valence-electron chi connectivity index (χ3n) is 3.39. The molecule has 0 radical (unpaired) electrons. The van der Waals surface area contributed by atoms with Crippen LogP contribution in [0.5, 0.6) is 0 Å². The number of hydrogen-bond donors (Lipinski definition) is 0. The molecule has 0 saturated carbocycles. The number of nitrogens with zero attached hydrogens (tertiary/aromatic N) is 3. The van der Waals surface area contributed by atoms with Gasteiger partial charge >= 0.3 is 0 Å². The van der Waals surface area contributed by atoms with Gasteiger partial charge in [-0.25, -0.2) is 0 Å². The molecule has 0 N–H and O–H groups in total. The van der Waals surface area contributed by atoms with Crippen molar-refractivity contribution in [3.05, 3.63) is 23.4 Å². The summed E-state index contributed by atoms with van der Waals surface area (Å²) in [6, 6.07) is 3.92. The molecule has 0 aliphatic carbocycles. The summed E-state index contributed by atoms with van der Waals surface area (Å²) in [7, 11) is 0. The summed E-state index contributed by atoms with van der Waals surface area (Å²) in [6.07, 6.45) is 1.98. The Morgan fingerprint density at radius 3 is 3.16 bits per heavy atom. The van der Waals surface area contributed by atoms with Gasteiger partial charge in [-0.2, -0.15) is 0 Å². The van der Waals surface area contributed by atoms with Crippen LogP contribution in [-0.2, 0) is 4.79 Å². The van der Waals surface area contributed by atoms with E-state index >= 15 is 0 Å². The van der Waals surface area contributed by atoms with Gasteiger partial charge in [0.1, 0.15) is 0 Å². The van der Waals surface area contributed by atoms with Crippen LogP contribution >= 0.6 is 11.3 Å². The Hall–Kier alpha value is -1.69. The number of rotatable bonds is 2. The second-order valence-corrected chi connectivity index (χ2v) is 5.67. The largest absolute Gasteiger partial charge is 0.420 e. The molecule has 1 aliphatic heterocycles. The van der Waals surface area contributed by atoms with Crippen LogP contribution in [0.1, 0.15) is 31.6 Å². The maximum absolute atomic E-state index is 11.4. The van der Waals surface area contributed by atoms with Gasteiger partial charge in [-0.3, -0.25) is 4.79 Å². The number of thiophene rings is 1. The van der Waals surface area contributed by atoms with E-state index in [9.17, 15) is 4.79 Å². The second-order valence-electron chi connectivity index (χ2n) is 4.73. The van der Waals surface area contributed by atoms with E-state index in [-0.39, 0.29) is 11.8 Å². The summed E-state index contributed by atoms with van der Waals surface area (Å²) in [6.45, 7) is 3.12. The number of hydrogen-bond acceptors (Lipinski definition) is 5. The summed E-state index contributed by atoms with van der Waals surface area (Å²) in [4.78, 5) is 14.3. The molecule has 1 saturated heterocycles. The predicted octanol–water partition coefficient (Wildman–Crippen LogP) is 2.52. The predicted molar refractivity (Wildman–Crippen MR) is 71.8 cm³/mol. The van der Waals surface area contributed by atoms with Gasteiger partial charge in [0.05, 0.1) is 10.8 Å². The fourth-order valence-electron chi connectivity index (χ4n) is 2.36. The molecule has 5 nitrogen and oxygen atoms in total. The zero-order valence-corrected chi connectivity index (χ0v) is 11.5. The lowest BCUT2D eigenvalue weighted by molar-refractivity contribution is -0.130. The number of carbonyl (C=O) groups is 1. The molecule has 1 unspecified atom stereocenters. The van der Waals surface area contributed by atoms with Crippen molar-refractivity contribution in [3.63, 3.8) is 0 Å². The van der Waals surface area contributed by atoms with Crippen LogP contribution in [0.25, 0.3) is 10.8 Å². The number of amides is 1. The highest BCUT2D eigenvalue weighted by atomic mass is 32.1. The monoisotopic (exact) mass is 277 g/mol.